The topological polar surface area (TPSA) is 17.1 Å². The van der Waals surface area contributed by atoms with Crippen molar-refractivity contribution in [1.82, 2.24) is 0 Å². The second-order valence-corrected chi connectivity index (χ2v) is 4.93. The summed E-state index contributed by atoms with van der Waals surface area (Å²) >= 11 is 3.40. The zero-order chi connectivity index (χ0) is 11.3. The minimum absolute atomic E-state index is 0.134. The first-order chi connectivity index (χ1) is 7.68. The Morgan fingerprint density at radius 2 is 1.81 bits per heavy atom. The molecular weight excluding hydrogens is 264 g/mol. The van der Waals surface area contributed by atoms with E-state index >= 15 is 0 Å². The lowest BCUT2D eigenvalue weighted by Crippen LogP contribution is -1.94. The van der Waals surface area contributed by atoms with E-state index in [4.69, 9.17) is 0 Å². The standard InChI is InChI=1S/C14H9BrO/c1-8-3-2-4-11-13(8)10-6-5-9(15)7-12(10)14(11)16/h2-7H,1H3. The summed E-state index contributed by atoms with van der Waals surface area (Å²) in [7, 11) is 0. The third-order valence-electron chi connectivity index (χ3n) is 3.01. The maximum atomic E-state index is 12.2. The van der Waals surface area contributed by atoms with Gasteiger partial charge in [0, 0.05) is 15.6 Å². The highest BCUT2D eigenvalue weighted by molar-refractivity contribution is 9.10. The number of ketones is 1. The minimum Gasteiger partial charge on any atom is -0.289 e. The highest BCUT2D eigenvalue weighted by Gasteiger charge is 2.27. The number of halogens is 1. The SMILES string of the molecule is Cc1cccc2c1-c1ccc(Br)cc1C2=O. The van der Waals surface area contributed by atoms with Crippen LogP contribution in [0.5, 0.6) is 0 Å². The molecule has 3 rings (SSSR count). The van der Waals surface area contributed by atoms with E-state index < -0.39 is 0 Å². The molecule has 1 aliphatic carbocycles. The molecule has 0 N–H and O–H groups in total. The molecule has 0 fully saturated rings. The predicted octanol–water partition coefficient (Wildman–Crippen LogP) is 3.97. The van der Waals surface area contributed by atoms with Crippen LogP contribution < -0.4 is 0 Å². The van der Waals surface area contributed by atoms with Gasteiger partial charge in [-0.15, -0.1) is 0 Å². The Morgan fingerprint density at radius 1 is 1.00 bits per heavy atom. The molecule has 16 heavy (non-hydrogen) atoms. The van der Waals surface area contributed by atoms with Crippen molar-refractivity contribution in [3.8, 4) is 11.1 Å². The smallest absolute Gasteiger partial charge is 0.194 e. The minimum atomic E-state index is 0.134. The number of hydrogen-bond donors (Lipinski definition) is 0. The Labute approximate surface area is 102 Å². The molecule has 2 aromatic rings. The van der Waals surface area contributed by atoms with Gasteiger partial charge in [0.2, 0.25) is 0 Å². The molecule has 0 saturated carbocycles. The summed E-state index contributed by atoms with van der Waals surface area (Å²) in [5.74, 6) is 0.134. The van der Waals surface area contributed by atoms with E-state index in [1.807, 2.05) is 43.3 Å². The monoisotopic (exact) mass is 272 g/mol. The highest BCUT2D eigenvalue weighted by atomic mass is 79.9. The van der Waals surface area contributed by atoms with Gasteiger partial charge in [0.05, 0.1) is 0 Å². The molecule has 0 saturated heterocycles. The molecule has 2 aromatic carbocycles. The lowest BCUT2D eigenvalue weighted by molar-refractivity contribution is 0.104. The number of hydrogen-bond acceptors (Lipinski definition) is 1. The van der Waals surface area contributed by atoms with E-state index in [0.29, 0.717) is 0 Å². The molecule has 0 radical (unpaired) electrons. The fraction of sp³-hybridized carbons (Fsp3) is 0.0714. The van der Waals surface area contributed by atoms with Crippen LogP contribution in [-0.4, -0.2) is 5.78 Å². The average molecular weight is 273 g/mol. The van der Waals surface area contributed by atoms with Crippen LogP contribution in [0.2, 0.25) is 0 Å². The molecule has 1 aliphatic rings. The summed E-state index contributed by atoms with van der Waals surface area (Å²) in [5.41, 5.74) is 4.94. The first kappa shape index (κ1) is 9.79. The van der Waals surface area contributed by atoms with Crippen LogP contribution in [0, 0.1) is 6.92 Å². The van der Waals surface area contributed by atoms with Crippen molar-refractivity contribution in [1.29, 1.82) is 0 Å². The fourth-order valence-corrected chi connectivity index (χ4v) is 2.64. The molecule has 0 amide bonds. The summed E-state index contributed by atoms with van der Waals surface area (Å²) < 4.78 is 0.949. The van der Waals surface area contributed by atoms with Crippen LogP contribution in [0.15, 0.2) is 40.9 Å². The van der Waals surface area contributed by atoms with Crippen LogP contribution in [-0.2, 0) is 0 Å². The lowest BCUT2D eigenvalue weighted by atomic mass is 10.0. The van der Waals surface area contributed by atoms with Gasteiger partial charge in [-0.25, -0.2) is 0 Å². The molecule has 0 heterocycles. The quantitative estimate of drug-likeness (QED) is 0.605. The number of aryl methyl sites for hydroxylation is 1. The summed E-state index contributed by atoms with van der Waals surface area (Å²) in [6, 6.07) is 11.8. The van der Waals surface area contributed by atoms with Gasteiger partial charge in [-0.3, -0.25) is 4.79 Å². The van der Waals surface area contributed by atoms with Gasteiger partial charge in [-0.1, -0.05) is 40.2 Å². The van der Waals surface area contributed by atoms with E-state index in [-0.39, 0.29) is 5.78 Å². The van der Waals surface area contributed by atoms with Crippen molar-refractivity contribution in [2.75, 3.05) is 0 Å². The predicted molar refractivity (Wildman–Crippen MR) is 67.7 cm³/mol. The molecular formula is C14H9BrO. The Bertz CT molecular complexity index is 614. The second-order valence-electron chi connectivity index (χ2n) is 4.02. The Morgan fingerprint density at radius 3 is 2.62 bits per heavy atom. The van der Waals surface area contributed by atoms with Crippen molar-refractivity contribution in [3.63, 3.8) is 0 Å². The summed E-state index contributed by atoms with van der Waals surface area (Å²) in [4.78, 5) is 12.2. The van der Waals surface area contributed by atoms with E-state index in [1.165, 1.54) is 0 Å². The fourth-order valence-electron chi connectivity index (χ4n) is 2.28. The van der Waals surface area contributed by atoms with Crippen molar-refractivity contribution in [2.24, 2.45) is 0 Å². The Balaban J connectivity index is 2.41. The van der Waals surface area contributed by atoms with Crippen LogP contribution in [0.1, 0.15) is 21.5 Å². The van der Waals surface area contributed by atoms with Crippen molar-refractivity contribution >= 4 is 21.7 Å². The second kappa shape index (κ2) is 3.29. The van der Waals surface area contributed by atoms with Gasteiger partial charge in [-0.05, 0) is 35.7 Å². The maximum absolute atomic E-state index is 12.2. The normalized spacial score (nSPS) is 12.5. The number of rotatable bonds is 0. The molecule has 0 spiro atoms. The van der Waals surface area contributed by atoms with E-state index in [1.54, 1.807) is 0 Å². The number of fused-ring (bicyclic) bond motifs is 3. The number of carbonyl (C=O) groups is 1. The maximum Gasteiger partial charge on any atom is 0.194 e. The number of benzene rings is 2. The third-order valence-corrected chi connectivity index (χ3v) is 3.51. The first-order valence-electron chi connectivity index (χ1n) is 5.13. The van der Waals surface area contributed by atoms with Gasteiger partial charge in [0.1, 0.15) is 0 Å². The largest absolute Gasteiger partial charge is 0.289 e. The van der Waals surface area contributed by atoms with Crippen molar-refractivity contribution < 1.29 is 4.79 Å². The molecule has 0 aromatic heterocycles. The van der Waals surface area contributed by atoms with Crippen molar-refractivity contribution in [3.05, 3.63) is 57.6 Å². The summed E-state index contributed by atoms with van der Waals surface area (Å²) in [5, 5.41) is 0. The van der Waals surface area contributed by atoms with E-state index in [2.05, 4.69) is 15.9 Å². The van der Waals surface area contributed by atoms with Crippen LogP contribution in [0.4, 0.5) is 0 Å². The van der Waals surface area contributed by atoms with E-state index in [9.17, 15) is 4.79 Å². The Kier molecular flexibility index (Phi) is 2.01. The van der Waals surface area contributed by atoms with Crippen molar-refractivity contribution in [2.45, 2.75) is 6.92 Å². The van der Waals surface area contributed by atoms with E-state index in [0.717, 1.165) is 32.3 Å². The van der Waals surface area contributed by atoms with Crippen LogP contribution in [0.25, 0.3) is 11.1 Å². The molecule has 0 unspecified atom stereocenters. The first-order valence-corrected chi connectivity index (χ1v) is 5.92. The molecule has 0 aliphatic heterocycles. The number of carbonyl (C=O) groups excluding carboxylic acids is 1. The third kappa shape index (κ3) is 1.20. The highest BCUT2D eigenvalue weighted by Crippen LogP contribution is 2.39. The molecule has 2 heteroatoms. The lowest BCUT2D eigenvalue weighted by Gasteiger charge is -2.03. The zero-order valence-electron chi connectivity index (χ0n) is 8.75. The summed E-state index contributed by atoms with van der Waals surface area (Å²) in [6.07, 6.45) is 0. The molecule has 78 valence electrons. The Hall–Kier alpha value is -1.41. The van der Waals surface area contributed by atoms with Gasteiger partial charge in [0.25, 0.3) is 0 Å². The average Bonchev–Trinajstić information content (AvgIpc) is 2.55. The van der Waals surface area contributed by atoms with Gasteiger partial charge in [-0.2, -0.15) is 0 Å². The summed E-state index contributed by atoms with van der Waals surface area (Å²) in [6.45, 7) is 2.04. The molecule has 0 bridgehead atoms. The van der Waals surface area contributed by atoms with Gasteiger partial charge < -0.3 is 0 Å². The van der Waals surface area contributed by atoms with Gasteiger partial charge in [0.15, 0.2) is 5.78 Å². The van der Waals surface area contributed by atoms with Gasteiger partial charge >= 0.3 is 0 Å². The zero-order valence-corrected chi connectivity index (χ0v) is 10.3. The molecule has 0 atom stereocenters. The van der Waals surface area contributed by atoms with Crippen LogP contribution in [0.3, 0.4) is 0 Å². The molecule has 1 nitrogen and oxygen atoms in total. The van der Waals surface area contributed by atoms with Crippen LogP contribution >= 0.6 is 15.9 Å².